The molecular weight excluding hydrogens is 484 g/mol. The van der Waals surface area contributed by atoms with Gasteiger partial charge in [0.2, 0.25) is 10.0 Å². The molecule has 3 aromatic heterocycles. The van der Waals surface area contributed by atoms with Crippen LogP contribution in [0, 0.1) is 5.92 Å². The standard InChI is InChI=1S/C25H30N4O6S/c1-4-18-11-29(36(3,31)32)8-7-28(18)12-19-9-21-24(35-19)22(13-27(2)25(21)30)20-5-6-26-10-23(20)34-16-17-14-33-15-17/h4-6,9-10,13,17-18H,1,7-8,11-12,14-16H2,2-3H3. The fourth-order valence-corrected chi connectivity index (χ4v) is 5.46. The fraction of sp³-hybridized carbons (Fsp3) is 0.440. The second kappa shape index (κ2) is 9.81. The largest absolute Gasteiger partial charge is 0.491 e. The van der Waals surface area contributed by atoms with Crippen molar-refractivity contribution >= 4 is 21.0 Å². The zero-order chi connectivity index (χ0) is 25.4. The normalized spacial score (nSPS) is 19.9. The highest BCUT2D eigenvalue weighted by Gasteiger charge is 2.30. The van der Waals surface area contributed by atoms with Crippen LogP contribution < -0.4 is 10.3 Å². The Hall–Kier alpha value is -2.99. The molecule has 36 heavy (non-hydrogen) atoms. The highest BCUT2D eigenvalue weighted by molar-refractivity contribution is 7.88. The van der Waals surface area contributed by atoms with E-state index >= 15 is 0 Å². The summed E-state index contributed by atoms with van der Waals surface area (Å²) in [6, 6.07) is 3.46. The Morgan fingerprint density at radius 2 is 2.08 bits per heavy atom. The van der Waals surface area contributed by atoms with Gasteiger partial charge in [-0.2, -0.15) is 4.31 Å². The highest BCUT2D eigenvalue weighted by atomic mass is 32.2. The van der Waals surface area contributed by atoms with Crippen molar-refractivity contribution in [2.24, 2.45) is 13.0 Å². The van der Waals surface area contributed by atoms with Gasteiger partial charge >= 0.3 is 0 Å². The lowest BCUT2D eigenvalue weighted by Gasteiger charge is -2.38. The Morgan fingerprint density at radius 1 is 1.28 bits per heavy atom. The second-order valence-corrected chi connectivity index (χ2v) is 11.4. The summed E-state index contributed by atoms with van der Waals surface area (Å²) in [6.45, 7) is 7.46. The lowest BCUT2D eigenvalue weighted by molar-refractivity contribution is -0.0508. The smallest absolute Gasteiger partial charge is 0.261 e. The van der Waals surface area contributed by atoms with Crippen molar-refractivity contribution < 1.29 is 22.3 Å². The third-order valence-corrected chi connectivity index (χ3v) is 8.02. The molecule has 0 spiro atoms. The summed E-state index contributed by atoms with van der Waals surface area (Å²) in [5.41, 5.74) is 1.86. The van der Waals surface area contributed by atoms with Crippen LogP contribution >= 0.6 is 0 Å². The van der Waals surface area contributed by atoms with Crippen molar-refractivity contribution in [3.8, 4) is 16.9 Å². The van der Waals surface area contributed by atoms with Crippen LogP contribution in [0.1, 0.15) is 5.76 Å². The molecule has 2 aliphatic rings. The first-order valence-corrected chi connectivity index (χ1v) is 13.7. The summed E-state index contributed by atoms with van der Waals surface area (Å²) < 4.78 is 44.6. The first kappa shape index (κ1) is 24.7. The topological polar surface area (TPSA) is 107 Å². The van der Waals surface area contributed by atoms with Crippen molar-refractivity contribution in [1.82, 2.24) is 18.8 Å². The lowest BCUT2D eigenvalue weighted by Crippen LogP contribution is -2.53. The first-order chi connectivity index (χ1) is 17.2. The number of piperazine rings is 1. The predicted octanol–water partition coefficient (Wildman–Crippen LogP) is 1.85. The molecule has 1 atom stereocenters. The van der Waals surface area contributed by atoms with Gasteiger partial charge < -0.3 is 18.5 Å². The number of aromatic nitrogens is 2. The molecule has 1 unspecified atom stereocenters. The Labute approximate surface area is 209 Å². The molecule has 11 heteroatoms. The molecule has 0 radical (unpaired) electrons. The molecule has 2 saturated heterocycles. The maximum atomic E-state index is 13.0. The number of nitrogens with zero attached hydrogens (tertiary/aromatic N) is 4. The summed E-state index contributed by atoms with van der Waals surface area (Å²) in [7, 11) is -1.57. The zero-order valence-corrected chi connectivity index (χ0v) is 21.2. The van der Waals surface area contributed by atoms with Gasteiger partial charge in [0, 0.05) is 62.2 Å². The third-order valence-electron chi connectivity index (χ3n) is 6.75. The van der Waals surface area contributed by atoms with Crippen LogP contribution in [0.3, 0.4) is 0 Å². The lowest BCUT2D eigenvalue weighted by atomic mass is 10.1. The molecular formula is C25H30N4O6S. The molecule has 5 heterocycles. The second-order valence-electron chi connectivity index (χ2n) is 9.40. The van der Waals surface area contributed by atoms with Crippen molar-refractivity contribution in [2.75, 3.05) is 45.7 Å². The Bertz CT molecular complexity index is 1440. The average molecular weight is 515 g/mol. The molecule has 0 bridgehead atoms. The number of sulfonamides is 1. The summed E-state index contributed by atoms with van der Waals surface area (Å²) in [4.78, 5) is 19.3. The number of pyridine rings is 2. The number of hydrogen-bond donors (Lipinski definition) is 0. The van der Waals surface area contributed by atoms with Gasteiger partial charge in [-0.05, 0) is 12.1 Å². The molecule has 2 fully saturated rings. The van der Waals surface area contributed by atoms with E-state index in [4.69, 9.17) is 13.9 Å². The minimum atomic E-state index is -3.28. The number of ether oxygens (including phenoxy) is 2. The summed E-state index contributed by atoms with van der Waals surface area (Å²) in [6.07, 6.45) is 8.08. The van der Waals surface area contributed by atoms with E-state index < -0.39 is 10.0 Å². The van der Waals surface area contributed by atoms with E-state index in [2.05, 4.69) is 16.5 Å². The molecule has 5 rings (SSSR count). The van der Waals surface area contributed by atoms with E-state index in [1.54, 1.807) is 42.3 Å². The molecule has 0 N–H and O–H groups in total. The molecule has 0 amide bonds. The highest BCUT2D eigenvalue weighted by Crippen LogP contribution is 2.35. The Balaban J connectivity index is 1.47. The minimum absolute atomic E-state index is 0.158. The van der Waals surface area contributed by atoms with E-state index in [0.717, 1.165) is 11.1 Å². The number of fused-ring (bicyclic) bond motifs is 1. The van der Waals surface area contributed by atoms with Crippen molar-refractivity contribution in [3.05, 3.63) is 59.5 Å². The summed E-state index contributed by atoms with van der Waals surface area (Å²) >= 11 is 0. The van der Waals surface area contributed by atoms with Crippen LogP contribution in [0.5, 0.6) is 5.75 Å². The van der Waals surface area contributed by atoms with E-state index in [1.807, 2.05) is 6.07 Å². The van der Waals surface area contributed by atoms with Crippen LogP contribution in [0.4, 0.5) is 0 Å². The van der Waals surface area contributed by atoms with Crippen molar-refractivity contribution in [1.29, 1.82) is 0 Å². The SMILES string of the molecule is C=CC1CN(S(C)(=O)=O)CCN1Cc1cc2c(=O)n(C)cc(-c3ccncc3OCC3COC3)c2o1. The van der Waals surface area contributed by atoms with E-state index in [-0.39, 0.29) is 11.6 Å². The number of aryl methyl sites for hydroxylation is 1. The van der Waals surface area contributed by atoms with Gasteiger partial charge in [0.15, 0.2) is 0 Å². The van der Waals surface area contributed by atoms with Gasteiger partial charge in [-0.3, -0.25) is 14.7 Å². The van der Waals surface area contributed by atoms with Crippen LogP contribution in [0.2, 0.25) is 0 Å². The van der Waals surface area contributed by atoms with E-state index in [1.165, 1.54) is 10.6 Å². The van der Waals surface area contributed by atoms with Gasteiger partial charge in [0.25, 0.3) is 5.56 Å². The van der Waals surface area contributed by atoms with Gasteiger partial charge in [-0.1, -0.05) is 6.08 Å². The van der Waals surface area contributed by atoms with E-state index in [9.17, 15) is 13.2 Å². The monoisotopic (exact) mass is 514 g/mol. The average Bonchev–Trinajstić information content (AvgIpc) is 3.24. The molecule has 0 saturated carbocycles. The van der Waals surface area contributed by atoms with Gasteiger partial charge in [0.05, 0.1) is 44.2 Å². The van der Waals surface area contributed by atoms with Gasteiger partial charge in [0.1, 0.15) is 17.1 Å². The molecule has 10 nitrogen and oxygen atoms in total. The first-order valence-electron chi connectivity index (χ1n) is 11.8. The summed E-state index contributed by atoms with van der Waals surface area (Å²) in [5, 5.41) is 0.477. The maximum Gasteiger partial charge on any atom is 0.261 e. The van der Waals surface area contributed by atoms with Crippen molar-refractivity contribution in [3.63, 3.8) is 0 Å². The number of furan rings is 1. The van der Waals surface area contributed by atoms with E-state index in [0.29, 0.717) is 74.4 Å². The molecule has 0 aliphatic carbocycles. The molecule has 192 valence electrons. The zero-order valence-electron chi connectivity index (χ0n) is 20.4. The predicted molar refractivity (Wildman–Crippen MR) is 135 cm³/mol. The van der Waals surface area contributed by atoms with Gasteiger partial charge in [-0.25, -0.2) is 8.42 Å². The van der Waals surface area contributed by atoms with Gasteiger partial charge in [-0.15, -0.1) is 6.58 Å². The van der Waals surface area contributed by atoms with Crippen LogP contribution in [0.25, 0.3) is 22.1 Å². The van der Waals surface area contributed by atoms with Crippen molar-refractivity contribution in [2.45, 2.75) is 12.6 Å². The maximum absolute atomic E-state index is 13.0. The molecule has 2 aliphatic heterocycles. The number of hydrogen-bond acceptors (Lipinski definition) is 8. The molecule has 3 aromatic rings. The summed E-state index contributed by atoms with van der Waals surface area (Å²) in [5.74, 6) is 1.60. The quantitative estimate of drug-likeness (QED) is 0.419. The fourth-order valence-electron chi connectivity index (χ4n) is 4.62. The Kier molecular flexibility index (Phi) is 6.73. The third kappa shape index (κ3) is 4.83. The Morgan fingerprint density at radius 3 is 2.78 bits per heavy atom. The van der Waals surface area contributed by atoms with Crippen LogP contribution in [0.15, 0.2) is 52.6 Å². The minimum Gasteiger partial charge on any atom is -0.491 e. The van der Waals surface area contributed by atoms with Crippen LogP contribution in [-0.2, 0) is 28.4 Å². The molecule has 0 aromatic carbocycles. The van der Waals surface area contributed by atoms with Crippen LogP contribution in [-0.4, -0.2) is 78.9 Å². The number of rotatable bonds is 8.